The summed E-state index contributed by atoms with van der Waals surface area (Å²) < 4.78 is 49.6. The van der Waals surface area contributed by atoms with Crippen LogP contribution in [0.2, 0.25) is 0 Å². The summed E-state index contributed by atoms with van der Waals surface area (Å²) in [6, 6.07) is 2.58. The van der Waals surface area contributed by atoms with E-state index in [1.807, 2.05) is 0 Å². The molecule has 0 unspecified atom stereocenters. The Kier molecular flexibility index (Phi) is 3.10. The van der Waals surface area contributed by atoms with Crippen LogP contribution < -0.4 is 0 Å². The van der Waals surface area contributed by atoms with Crippen LogP contribution in [0.5, 0.6) is 0 Å². The molecule has 0 radical (unpaired) electrons. The molecule has 0 aliphatic carbocycles. The maximum Gasteiger partial charge on any atom is 0.416 e. The lowest BCUT2D eigenvalue weighted by molar-refractivity contribution is -0.138. The fourth-order valence-corrected chi connectivity index (χ4v) is 1.12. The third-order valence-electron chi connectivity index (χ3n) is 1.71. The Morgan fingerprint density at radius 3 is 2.43 bits per heavy atom. The van der Waals surface area contributed by atoms with E-state index in [1.54, 1.807) is 0 Å². The molecule has 1 aromatic rings. The van der Waals surface area contributed by atoms with Crippen LogP contribution in [-0.4, -0.2) is 7.05 Å². The number of hydrogen-bond donors (Lipinski definition) is 0. The molecule has 0 aliphatic heterocycles. The van der Waals surface area contributed by atoms with E-state index in [1.165, 1.54) is 7.05 Å². The second-order valence-electron chi connectivity index (χ2n) is 2.77. The number of rotatable bonds is 2. The molecule has 0 spiro atoms. The summed E-state index contributed by atoms with van der Waals surface area (Å²) in [7, 11) is 1.41. The van der Waals surface area contributed by atoms with Gasteiger partial charge >= 0.3 is 6.18 Å². The molecule has 0 heterocycles. The third kappa shape index (κ3) is 2.45. The lowest BCUT2D eigenvalue weighted by Crippen LogP contribution is -2.09. The van der Waals surface area contributed by atoms with Crippen molar-refractivity contribution in [2.24, 2.45) is 0 Å². The molecule has 0 bridgehead atoms. The van der Waals surface area contributed by atoms with Crippen LogP contribution in [0.1, 0.15) is 11.1 Å². The molecule has 0 aliphatic rings. The van der Waals surface area contributed by atoms with Crippen LogP contribution in [0.25, 0.3) is 5.32 Å². The van der Waals surface area contributed by atoms with Gasteiger partial charge in [-0.2, -0.15) is 20.2 Å². The first-order valence-corrected chi connectivity index (χ1v) is 3.86. The van der Waals surface area contributed by atoms with Gasteiger partial charge < -0.3 is 5.32 Å². The van der Waals surface area contributed by atoms with Crippen molar-refractivity contribution in [1.82, 2.24) is 0 Å². The van der Waals surface area contributed by atoms with E-state index in [0.717, 1.165) is 12.1 Å². The Labute approximate surface area is 78.7 Å². The Hall–Kier alpha value is -1.10. The standard InChI is InChI=1S/C9H8F4N/c1-14-5-6-2-3-7(10)4-8(6)9(11,12)13/h2-4H,5H2,1H3/q-1. The summed E-state index contributed by atoms with van der Waals surface area (Å²) in [4.78, 5) is 0. The average molecular weight is 206 g/mol. The lowest BCUT2D eigenvalue weighted by atomic mass is 10.1. The van der Waals surface area contributed by atoms with Crippen molar-refractivity contribution >= 4 is 0 Å². The zero-order valence-corrected chi connectivity index (χ0v) is 7.40. The van der Waals surface area contributed by atoms with Gasteiger partial charge in [0, 0.05) is 0 Å². The van der Waals surface area contributed by atoms with Crippen molar-refractivity contribution in [1.29, 1.82) is 0 Å². The van der Waals surface area contributed by atoms with Gasteiger partial charge in [-0.25, -0.2) is 4.39 Å². The Morgan fingerprint density at radius 1 is 1.29 bits per heavy atom. The van der Waals surface area contributed by atoms with E-state index in [4.69, 9.17) is 0 Å². The number of alkyl halides is 3. The summed E-state index contributed by atoms with van der Waals surface area (Å²) in [5, 5.41) is 3.59. The van der Waals surface area contributed by atoms with Gasteiger partial charge in [0.2, 0.25) is 0 Å². The second kappa shape index (κ2) is 3.96. The zero-order chi connectivity index (χ0) is 10.8. The predicted molar refractivity (Wildman–Crippen MR) is 44.4 cm³/mol. The molecule has 5 heteroatoms. The smallest absolute Gasteiger partial charge is 0.416 e. The molecule has 78 valence electrons. The minimum atomic E-state index is -4.53. The Morgan fingerprint density at radius 2 is 1.93 bits per heavy atom. The fourth-order valence-electron chi connectivity index (χ4n) is 1.12. The van der Waals surface area contributed by atoms with Crippen LogP contribution >= 0.6 is 0 Å². The number of nitrogens with zero attached hydrogens (tertiary/aromatic N) is 1. The first-order chi connectivity index (χ1) is 6.45. The lowest BCUT2D eigenvalue weighted by Gasteiger charge is -2.17. The molecule has 0 aromatic heterocycles. The van der Waals surface area contributed by atoms with Gasteiger partial charge in [-0.1, -0.05) is 11.6 Å². The summed E-state index contributed by atoms with van der Waals surface area (Å²) in [5.41, 5.74) is -0.968. The van der Waals surface area contributed by atoms with E-state index < -0.39 is 17.6 Å². The average Bonchev–Trinajstić information content (AvgIpc) is 2.07. The van der Waals surface area contributed by atoms with Crippen molar-refractivity contribution in [2.45, 2.75) is 12.7 Å². The first kappa shape index (κ1) is 11.0. The van der Waals surface area contributed by atoms with Gasteiger partial charge in [-0.3, -0.25) is 0 Å². The largest absolute Gasteiger partial charge is 0.661 e. The number of benzene rings is 1. The van der Waals surface area contributed by atoms with E-state index in [-0.39, 0.29) is 12.1 Å². The molecule has 0 saturated carbocycles. The van der Waals surface area contributed by atoms with Crippen LogP contribution in [0, 0.1) is 5.82 Å². The molecular formula is C9H8F4N-. The molecule has 14 heavy (non-hydrogen) atoms. The topological polar surface area (TPSA) is 14.1 Å². The summed E-state index contributed by atoms with van der Waals surface area (Å²) >= 11 is 0. The predicted octanol–water partition coefficient (Wildman–Crippen LogP) is 3.35. The Balaban J connectivity index is 3.16. The molecule has 0 atom stereocenters. The second-order valence-corrected chi connectivity index (χ2v) is 2.77. The van der Waals surface area contributed by atoms with Gasteiger partial charge in [-0.05, 0) is 12.1 Å². The quantitative estimate of drug-likeness (QED) is 0.659. The van der Waals surface area contributed by atoms with E-state index >= 15 is 0 Å². The number of halogens is 4. The van der Waals surface area contributed by atoms with Crippen LogP contribution in [0.15, 0.2) is 18.2 Å². The molecule has 0 N–H and O–H groups in total. The maximum absolute atomic E-state index is 12.6. The highest BCUT2D eigenvalue weighted by Crippen LogP contribution is 2.33. The van der Waals surface area contributed by atoms with Gasteiger partial charge in [0.05, 0.1) is 5.56 Å². The first-order valence-electron chi connectivity index (χ1n) is 3.86. The van der Waals surface area contributed by atoms with Gasteiger partial charge in [0.15, 0.2) is 0 Å². The SMILES string of the molecule is C[N-]Cc1ccc(F)cc1C(F)(F)F. The van der Waals surface area contributed by atoms with Crippen LogP contribution in [-0.2, 0) is 12.7 Å². The maximum atomic E-state index is 12.6. The van der Waals surface area contributed by atoms with Crippen molar-refractivity contribution in [3.05, 3.63) is 40.5 Å². The van der Waals surface area contributed by atoms with Gasteiger partial charge in [-0.15, -0.1) is 6.54 Å². The Bertz CT molecular complexity index is 319. The monoisotopic (exact) mass is 206 g/mol. The highest BCUT2D eigenvalue weighted by atomic mass is 19.4. The van der Waals surface area contributed by atoms with Crippen molar-refractivity contribution in [3.63, 3.8) is 0 Å². The highest BCUT2D eigenvalue weighted by Gasteiger charge is 2.32. The minimum absolute atomic E-state index is 0.0126. The van der Waals surface area contributed by atoms with Crippen molar-refractivity contribution in [3.8, 4) is 0 Å². The van der Waals surface area contributed by atoms with E-state index in [9.17, 15) is 17.6 Å². The number of hydrogen-bond acceptors (Lipinski definition) is 0. The van der Waals surface area contributed by atoms with E-state index in [0.29, 0.717) is 6.07 Å². The van der Waals surface area contributed by atoms with Crippen LogP contribution in [0.3, 0.4) is 0 Å². The third-order valence-corrected chi connectivity index (χ3v) is 1.71. The van der Waals surface area contributed by atoms with E-state index in [2.05, 4.69) is 5.32 Å². The normalized spacial score (nSPS) is 11.8. The zero-order valence-electron chi connectivity index (χ0n) is 7.40. The highest BCUT2D eigenvalue weighted by molar-refractivity contribution is 5.31. The molecule has 0 amide bonds. The molecular weight excluding hydrogens is 198 g/mol. The molecule has 1 nitrogen and oxygen atoms in total. The molecule has 1 rings (SSSR count). The molecule has 0 fully saturated rings. The summed E-state index contributed by atoms with van der Waals surface area (Å²) in [5.74, 6) is -0.892. The summed E-state index contributed by atoms with van der Waals surface area (Å²) in [6.07, 6.45) is -4.53. The van der Waals surface area contributed by atoms with Crippen molar-refractivity contribution < 1.29 is 17.6 Å². The van der Waals surface area contributed by atoms with Gasteiger partial charge in [0.1, 0.15) is 5.82 Å². The van der Waals surface area contributed by atoms with Crippen LogP contribution in [0.4, 0.5) is 17.6 Å². The molecule has 1 aromatic carbocycles. The fraction of sp³-hybridized carbons (Fsp3) is 0.333. The molecule has 0 saturated heterocycles. The minimum Gasteiger partial charge on any atom is -0.661 e. The van der Waals surface area contributed by atoms with Crippen molar-refractivity contribution in [2.75, 3.05) is 7.05 Å². The summed E-state index contributed by atoms with van der Waals surface area (Å²) in [6.45, 7) is -0.0604. The van der Waals surface area contributed by atoms with Gasteiger partial charge in [0.25, 0.3) is 0 Å².